The topological polar surface area (TPSA) is 40.8 Å². The summed E-state index contributed by atoms with van der Waals surface area (Å²) in [5, 5.41) is 2.89. The molecule has 4 aromatic rings. The van der Waals surface area contributed by atoms with Crippen LogP contribution in [-0.4, -0.2) is 21.3 Å². The lowest BCUT2D eigenvalue weighted by atomic mass is 9.90. The van der Waals surface area contributed by atoms with Crippen LogP contribution in [0.15, 0.2) is 54.7 Å². The lowest BCUT2D eigenvalue weighted by molar-refractivity contribution is -0.686. The Hall–Kier alpha value is -3.44. The molecular weight excluding hydrogens is 462 g/mol. The minimum Gasteiger partial charge on any atom is -0.493 e. The molecule has 0 fully saturated rings. The molecule has 0 unspecified atom stereocenters. The zero-order valence-electron chi connectivity index (χ0n) is 20.5. The molecule has 0 saturated heterocycles. The van der Waals surface area contributed by atoms with E-state index in [4.69, 9.17) is 30.5 Å². The predicted octanol–water partition coefficient (Wildman–Crippen LogP) is 6.17. The van der Waals surface area contributed by atoms with Crippen molar-refractivity contribution in [3.05, 3.63) is 76.4 Å². The van der Waals surface area contributed by atoms with E-state index in [1.807, 2.05) is 30.3 Å². The summed E-state index contributed by atoms with van der Waals surface area (Å²) < 4.78 is 25.6. The minimum atomic E-state index is 0.402. The monoisotopic (exact) mass is 490 g/mol. The van der Waals surface area contributed by atoms with Crippen LogP contribution in [0.25, 0.3) is 22.0 Å². The van der Waals surface area contributed by atoms with Crippen molar-refractivity contribution < 1.29 is 23.5 Å². The van der Waals surface area contributed by atoms with E-state index < -0.39 is 0 Å². The van der Waals surface area contributed by atoms with Crippen molar-refractivity contribution in [2.45, 2.75) is 32.9 Å². The number of hydrogen-bond donors (Lipinski definition) is 0. The third-order valence-electron chi connectivity index (χ3n) is 6.68. The van der Waals surface area contributed by atoms with Crippen molar-refractivity contribution in [2.24, 2.45) is 0 Å². The van der Waals surface area contributed by atoms with Gasteiger partial charge in [0.15, 0.2) is 35.7 Å². The predicted molar refractivity (Wildman–Crippen MR) is 138 cm³/mol. The van der Waals surface area contributed by atoms with Gasteiger partial charge in [-0.3, -0.25) is 0 Å². The molecular formula is C29H29ClNO4+. The number of fused-ring (bicyclic) bond motifs is 4. The Morgan fingerprint density at radius 3 is 2.37 bits per heavy atom. The highest BCUT2D eigenvalue weighted by atomic mass is 35.5. The number of hydrogen-bond acceptors (Lipinski definition) is 4. The molecule has 0 spiro atoms. The van der Waals surface area contributed by atoms with Crippen LogP contribution in [0.4, 0.5) is 0 Å². The summed E-state index contributed by atoms with van der Waals surface area (Å²) >= 11 is 6.18. The number of ether oxygens (including phenoxy) is 4. The van der Waals surface area contributed by atoms with Gasteiger partial charge in [0.25, 0.3) is 0 Å². The molecule has 1 aromatic heterocycles. The van der Waals surface area contributed by atoms with Gasteiger partial charge in [-0.15, -0.1) is 0 Å². The zero-order valence-corrected chi connectivity index (χ0v) is 21.2. The molecule has 0 N–H and O–H groups in total. The molecule has 5 nitrogen and oxygen atoms in total. The van der Waals surface area contributed by atoms with E-state index in [0.29, 0.717) is 17.4 Å². The molecule has 6 heteroatoms. The molecule has 3 aromatic carbocycles. The van der Waals surface area contributed by atoms with Crippen molar-refractivity contribution in [3.8, 4) is 34.3 Å². The molecule has 5 rings (SSSR count). The summed E-state index contributed by atoms with van der Waals surface area (Å²) in [4.78, 5) is 0. The van der Waals surface area contributed by atoms with Gasteiger partial charge in [-0.25, -0.2) is 0 Å². The molecule has 35 heavy (non-hydrogen) atoms. The van der Waals surface area contributed by atoms with E-state index in [1.165, 1.54) is 22.4 Å². The number of pyridine rings is 1. The fourth-order valence-corrected chi connectivity index (χ4v) is 5.24. The van der Waals surface area contributed by atoms with Crippen molar-refractivity contribution in [2.75, 3.05) is 21.3 Å². The maximum Gasteiger partial charge on any atom is 0.216 e. The van der Waals surface area contributed by atoms with Crippen molar-refractivity contribution in [1.82, 2.24) is 0 Å². The number of benzene rings is 3. The van der Waals surface area contributed by atoms with Crippen molar-refractivity contribution in [3.63, 3.8) is 0 Å². The first-order chi connectivity index (χ1) is 17.1. The summed E-state index contributed by atoms with van der Waals surface area (Å²) in [7, 11) is 5.03. The van der Waals surface area contributed by atoms with Gasteiger partial charge in [0.2, 0.25) is 5.69 Å². The van der Waals surface area contributed by atoms with Crippen LogP contribution in [0.1, 0.15) is 23.6 Å². The molecule has 0 radical (unpaired) electrons. The summed E-state index contributed by atoms with van der Waals surface area (Å²) in [5.74, 6) is 2.96. The number of nitrogens with zero attached hydrogens (tertiary/aromatic N) is 1. The molecule has 0 atom stereocenters. The average Bonchev–Trinajstić information content (AvgIpc) is 2.89. The second kappa shape index (κ2) is 9.67. The average molecular weight is 491 g/mol. The van der Waals surface area contributed by atoms with Gasteiger partial charge in [0.05, 0.1) is 32.3 Å². The lowest BCUT2D eigenvalue weighted by Gasteiger charge is -2.22. The van der Waals surface area contributed by atoms with Crippen LogP contribution >= 0.6 is 11.6 Å². The Bertz CT molecular complexity index is 1420. The first kappa shape index (κ1) is 23.3. The number of aryl methyl sites for hydroxylation is 3. The van der Waals surface area contributed by atoms with Crippen LogP contribution < -0.4 is 23.5 Å². The number of rotatable bonds is 7. The minimum absolute atomic E-state index is 0.402. The molecule has 0 saturated carbocycles. The fourth-order valence-electron chi connectivity index (χ4n) is 5.02. The van der Waals surface area contributed by atoms with E-state index in [1.54, 1.807) is 21.3 Å². The Morgan fingerprint density at radius 2 is 1.66 bits per heavy atom. The Kier molecular flexibility index (Phi) is 6.44. The lowest BCUT2D eigenvalue weighted by Crippen LogP contribution is -2.41. The van der Waals surface area contributed by atoms with Crippen LogP contribution in [0.5, 0.6) is 23.0 Å². The highest BCUT2D eigenvalue weighted by molar-refractivity contribution is 6.30. The van der Waals surface area contributed by atoms with Gasteiger partial charge in [-0.05, 0) is 53.9 Å². The molecule has 0 bridgehead atoms. The van der Waals surface area contributed by atoms with Crippen LogP contribution in [0.2, 0.25) is 5.02 Å². The number of aromatic nitrogens is 1. The van der Waals surface area contributed by atoms with Crippen LogP contribution in [-0.2, 0) is 26.0 Å². The van der Waals surface area contributed by atoms with Gasteiger partial charge < -0.3 is 18.9 Å². The summed E-state index contributed by atoms with van der Waals surface area (Å²) in [6.45, 7) is 3.46. The van der Waals surface area contributed by atoms with Gasteiger partial charge in [0, 0.05) is 22.4 Å². The summed E-state index contributed by atoms with van der Waals surface area (Å²) in [5.41, 5.74) is 5.94. The molecule has 1 aliphatic heterocycles. The Morgan fingerprint density at radius 1 is 0.886 bits per heavy atom. The summed E-state index contributed by atoms with van der Waals surface area (Å²) in [6.07, 6.45) is 3.98. The number of halogens is 1. The fraction of sp³-hybridized carbons (Fsp3) is 0.276. The Labute approximate surface area is 210 Å². The van der Waals surface area contributed by atoms with E-state index >= 15 is 0 Å². The van der Waals surface area contributed by atoms with Crippen molar-refractivity contribution in [1.29, 1.82) is 0 Å². The number of methoxy groups -OCH3 is 3. The van der Waals surface area contributed by atoms with Crippen LogP contribution in [0, 0.1) is 0 Å². The second-order valence-corrected chi connectivity index (χ2v) is 9.03. The highest BCUT2D eigenvalue weighted by Crippen LogP contribution is 2.42. The van der Waals surface area contributed by atoms with E-state index in [-0.39, 0.29) is 0 Å². The van der Waals surface area contributed by atoms with Gasteiger partial charge >= 0.3 is 0 Å². The van der Waals surface area contributed by atoms with Gasteiger partial charge in [-0.2, -0.15) is 4.57 Å². The third kappa shape index (κ3) is 4.14. The molecule has 1 aliphatic rings. The smallest absolute Gasteiger partial charge is 0.216 e. The van der Waals surface area contributed by atoms with Gasteiger partial charge in [0.1, 0.15) is 6.61 Å². The largest absolute Gasteiger partial charge is 0.493 e. The maximum atomic E-state index is 6.38. The SMILES string of the molecule is CCc1c2[n+](cc3c(OCc4cccc(Cl)c4)c(OC)ccc13)CCc1cc(OC)c(OC)cc1-2. The zero-order chi connectivity index (χ0) is 24.5. The van der Waals surface area contributed by atoms with Gasteiger partial charge in [-0.1, -0.05) is 30.7 Å². The maximum absolute atomic E-state index is 6.38. The van der Waals surface area contributed by atoms with E-state index in [2.05, 4.69) is 35.9 Å². The summed E-state index contributed by atoms with van der Waals surface area (Å²) in [6, 6.07) is 16.1. The molecule has 0 aliphatic carbocycles. The standard InChI is InChI=1S/C29H29ClNO4/c1-5-21-22-9-10-25(32-2)29(35-17-18-7-6-8-20(30)13-18)24(22)16-31-12-11-19-14-26(33-3)27(34-4)15-23(19)28(21)31/h6-10,13-16H,5,11-12,17H2,1-4H3/q+1. The quantitative estimate of drug-likeness (QED) is 0.290. The van der Waals surface area contributed by atoms with Crippen LogP contribution in [0.3, 0.4) is 0 Å². The highest BCUT2D eigenvalue weighted by Gasteiger charge is 2.30. The van der Waals surface area contributed by atoms with Crippen molar-refractivity contribution >= 4 is 22.4 Å². The Balaban J connectivity index is 1.68. The first-order valence-corrected chi connectivity index (χ1v) is 12.1. The van der Waals surface area contributed by atoms with E-state index in [0.717, 1.165) is 53.0 Å². The second-order valence-electron chi connectivity index (χ2n) is 8.59. The normalized spacial score (nSPS) is 12.1. The molecule has 180 valence electrons. The molecule has 0 amide bonds. The first-order valence-electron chi connectivity index (χ1n) is 11.8. The third-order valence-corrected chi connectivity index (χ3v) is 6.91. The van der Waals surface area contributed by atoms with E-state index in [9.17, 15) is 0 Å². The molecule has 2 heterocycles.